The number of anilines is 3. The lowest BCUT2D eigenvalue weighted by Gasteiger charge is -2.25. The molecule has 4 N–H and O–H groups in total. The molecule has 1 aromatic heterocycles. The fourth-order valence-electron chi connectivity index (χ4n) is 2.32. The molecule has 3 heterocycles. The molecule has 8 heteroatoms. The second-order valence-corrected chi connectivity index (χ2v) is 4.35. The molecule has 1 saturated heterocycles. The maximum Gasteiger partial charge on any atom is 0.164 e. The minimum atomic E-state index is -1.16. The summed E-state index contributed by atoms with van der Waals surface area (Å²) in [6, 6.07) is 0. The number of fused-ring (bicyclic) bond motifs is 1. The summed E-state index contributed by atoms with van der Waals surface area (Å²) in [7, 11) is 0. The largest absolute Gasteiger partial charge is 0.394 e. The Balaban J connectivity index is 1.86. The number of rotatable bonds is 2. The molecular weight excluding hydrogens is 241 g/mol. The molecule has 0 spiro atoms. The van der Waals surface area contributed by atoms with Crippen LogP contribution in [0.5, 0.6) is 0 Å². The highest BCUT2D eigenvalue weighted by Crippen LogP contribution is 2.37. The SMILES string of the molecule is Nc1ncnc2c1NCN2C1OC(CO)CC1F. The van der Waals surface area contributed by atoms with Crippen LogP contribution in [0.4, 0.5) is 21.7 Å². The van der Waals surface area contributed by atoms with E-state index in [1.54, 1.807) is 4.90 Å². The Morgan fingerprint density at radius 2 is 2.44 bits per heavy atom. The lowest BCUT2D eigenvalue weighted by Crippen LogP contribution is -2.40. The molecule has 98 valence electrons. The van der Waals surface area contributed by atoms with E-state index in [1.165, 1.54) is 6.33 Å². The van der Waals surface area contributed by atoms with Crippen molar-refractivity contribution in [1.82, 2.24) is 9.97 Å². The van der Waals surface area contributed by atoms with Crippen LogP contribution in [0.1, 0.15) is 6.42 Å². The number of nitrogen functional groups attached to an aromatic ring is 1. The van der Waals surface area contributed by atoms with Gasteiger partial charge in [-0.25, -0.2) is 14.4 Å². The van der Waals surface area contributed by atoms with Crippen LogP contribution in [0.15, 0.2) is 6.33 Å². The van der Waals surface area contributed by atoms with Crippen LogP contribution in [0.2, 0.25) is 0 Å². The predicted molar refractivity (Wildman–Crippen MR) is 62.7 cm³/mol. The van der Waals surface area contributed by atoms with E-state index in [9.17, 15) is 4.39 Å². The van der Waals surface area contributed by atoms with Crippen LogP contribution in [0.3, 0.4) is 0 Å². The van der Waals surface area contributed by atoms with Crippen LogP contribution in [-0.4, -0.2) is 46.9 Å². The first kappa shape index (κ1) is 11.4. The van der Waals surface area contributed by atoms with Gasteiger partial charge in [0.05, 0.1) is 19.4 Å². The van der Waals surface area contributed by atoms with E-state index in [1.807, 2.05) is 0 Å². The van der Waals surface area contributed by atoms with E-state index in [0.717, 1.165) is 0 Å². The molecule has 18 heavy (non-hydrogen) atoms. The average Bonchev–Trinajstić information content (AvgIpc) is 2.93. The summed E-state index contributed by atoms with van der Waals surface area (Å²) >= 11 is 0. The second-order valence-electron chi connectivity index (χ2n) is 4.35. The van der Waals surface area contributed by atoms with Crippen LogP contribution < -0.4 is 16.0 Å². The van der Waals surface area contributed by atoms with Crippen molar-refractivity contribution in [3.8, 4) is 0 Å². The first-order valence-electron chi connectivity index (χ1n) is 5.72. The lowest BCUT2D eigenvalue weighted by atomic mass is 10.2. The maximum absolute atomic E-state index is 13.9. The smallest absolute Gasteiger partial charge is 0.164 e. The lowest BCUT2D eigenvalue weighted by molar-refractivity contribution is 0.00153. The summed E-state index contributed by atoms with van der Waals surface area (Å²) in [5.41, 5.74) is 6.30. The van der Waals surface area contributed by atoms with Gasteiger partial charge in [-0.15, -0.1) is 0 Å². The summed E-state index contributed by atoms with van der Waals surface area (Å²) in [6.45, 7) is 0.179. The predicted octanol–water partition coefficient (Wildman–Crippen LogP) is -0.306. The van der Waals surface area contributed by atoms with Gasteiger partial charge in [-0.3, -0.25) is 0 Å². The molecule has 0 aromatic carbocycles. The summed E-state index contributed by atoms with van der Waals surface area (Å²) < 4.78 is 19.4. The number of ether oxygens (including phenoxy) is 1. The molecule has 0 amide bonds. The molecule has 3 unspecified atom stereocenters. The van der Waals surface area contributed by atoms with Crippen LogP contribution in [0.25, 0.3) is 0 Å². The fourth-order valence-corrected chi connectivity index (χ4v) is 2.32. The zero-order chi connectivity index (χ0) is 12.7. The third kappa shape index (κ3) is 1.65. The maximum atomic E-state index is 13.9. The number of aromatic nitrogens is 2. The van der Waals surface area contributed by atoms with Crippen LogP contribution >= 0.6 is 0 Å². The minimum absolute atomic E-state index is 0.184. The Bertz CT molecular complexity index is 460. The van der Waals surface area contributed by atoms with Gasteiger partial charge < -0.3 is 25.8 Å². The molecule has 2 aliphatic rings. The number of alkyl halides is 1. The molecule has 2 aliphatic heterocycles. The summed E-state index contributed by atoms with van der Waals surface area (Å²) in [6.07, 6.45) is -0.850. The molecule has 0 radical (unpaired) electrons. The van der Waals surface area contributed by atoms with Gasteiger partial charge in [-0.2, -0.15) is 0 Å². The fraction of sp³-hybridized carbons (Fsp3) is 0.600. The van der Waals surface area contributed by atoms with E-state index >= 15 is 0 Å². The third-order valence-electron chi connectivity index (χ3n) is 3.19. The first-order chi connectivity index (χ1) is 8.70. The van der Waals surface area contributed by atoms with Crippen molar-refractivity contribution in [1.29, 1.82) is 0 Å². The third-order valence-corrected chi connectivity index (χ3v) is 3.19. The Morgan fingerprint density at radius 3 is 3.17 bits per heavy atom. The monoisotopic (exact) mass is 255 g/mol. The van der Waals surface area contributed by atoms with E-state index < -0.39 is 18.5 Å². The molecule has 3 atom stereocenters. The van der Waals surface area contributed by atoms with Crippen LogP contribution in [0, 0.1) is 0 Å². The molecule has 0 saturated carbocycles. The van der Waals surface area contributed by atoms with Gasteiger partial charge in [-0.1, -0.05) is 0 Å². The van der Waals surface area contributed by atoms with Gasteiger partial charge >= 0.3 is 0 Å². The average molecular weight is 255 g/mol. The molecule has 1 fully saturated rings. The molecule has 7 nitrogen and oxygen atoms in total. The minimum Gasteiger partial charge on any atom is -0.394 e. The zero-order valence-corrected chi connectivity index (χ0v) is 9.58. The normalized spacial score (nSPS) is 30.3. The van der Waals surface area contributed by atoms with Crippen molar-refractivity contribution in [3.63, 3.8) is 0 Å². The topological polar surface area (TPSA) is 96.5 Å². The van der Waals surface area contributed by atoms with Gasteiger partial charge in [0.25, 0.3) is 0 Å². The van der Waals surface area contributed by atoms with E-state index in [2.05, 4.69) is 15.3 Å². The number of hydrogen-bond donors (Lipinski definition) is 3. The van der Waals surface area contributed by atoms with Gasteiger partial charge in [0.1, 0.15) is 18.2 Å². The van der Waals surface area contributed by atoms with E-state index in [0.29, 0.717) is 24.0 Å². The molecule has 0 aliphatic carbocycles. The van der Waals surface area contributed by atoms with Gasteiger partial charge in [0.15, 0.2) is 17.9 Å². The molecular formula is C10H14FN5O2. The number of hydrogen-bond acceptors (Lipinski definition) is 7. The summed E-state index contributed by atoms with van der Waals surface area (Å²) in [5.74, 6) is 0.864. The Hall–Kier alpha value is -1.67. The first-order valence-corrected chi connectivity index (χ1v) is 5.72. The van der Waals surface area contributed by atoms with Gasteiger partial charge in [-0.05, 0) is 0 Å². The van der Waals surface area contributed by atoms with Crippen molar-refractivity contribution in [2.75, 3.05) is 29.2 Å². The second kappa shape index (κ2) is 4.21. The number of nitrogens with one attached hydrogen (secondary N) is 1. The van der Waals surface area contributed by atoms with Crippen molar-refractivity contribution in [3.05, 3.63) is 6.33 Å². The molecule has 3 rings (SSSR count). The van der Waals surface area contributed by atoms with E-state index in [-0.39, 0.29) is 13.0 Å². The zero-order valence-electron chi connectivity index (χ0n) is 9.58. The van der Waals surface area contributed by atoms with Crippen LogP contribution in [-0.2, 0) is 4.74 Å². The van der Waals surface area contributed by atoms with E-state index in [4.69, 9.17) is 15.6 Å². The summed E-state index contributed by atoms with van der Waals surface area (Å²) in [4.78, 5) is 9.62. The molecule has 1 aromatic rings. The van der Waals surface area contributed by atoms with Gasteiger partial charge in [0.2, 0.25) is 0 Å². The van der Waals surface area contributed by atoms with Crippen molar-refractivity contribution < 1.29 is 14.2 Å². The number of nitrogens with zero attached hydrogens (tertiary/aromatic N) is 3. The van der Waals surface area contributed by atoms with Crippen molar-refractivity contribution in [2.24, 2.45) is 0 Å². The summed E-state index contributed by atoms with van der Waals surface area (Å²) in [5, 5.41) is 12.0. The highest BCUT2D eigenvalue weighted by Gasteiger charge is 2.42. The Labute approximate surface area is 103 Å². The number of nitrogens with two attached hydrogens (primary N) is 1. The number of aliphatic hydroxyl groups is 1. The van der Waals surface area contributed by atoms with Gasteiger partial charge in [0, 0.05) is 6.42 Å². The quantitative estimate of drug-likeness (QED) is 0.667. The highest BCUT2D eigenvalue weighted by molar-refractivity contribution is 5.80. The van der Waals surface area contributed by atoms with Crippen molar-refractivity contribution in [2.45, 2.75) is 24.9 Å². The Kier molecular flexibility index (Phi) is 2.67. The standard InChI is InChI=1S/C10H14FN5O2/c11-6-1-5(2-17)18-10(6)16-4-15-7-8(12)13-3-14-9(7)16/h3,5-6,10,15,17H,1-2,4H2,(H2,12,13,14). The molecule has 0 bridgehead atoms. The number of halogens is 1. The number of aliphatic hydroxyl groups excluding tert-OH is 1. The van der Waals surface area contributed by atoms with Crippen molar-refractivity contribution >= 4 is 17.3 Å². The highest BCUT2D eigenvalue weighted by atomic mass is 19.1. The Morgan fingerprint density at radius 1 is 1.61 bits per heavy atom.